The van der Waals surface area contributed by atoms with E-state index in [0.29, 0.717) is 0 Å². The molecule has 5 nitrogen and oxygen atoms in total. The average Bonchev–Trinajstić information content (AvgIpc) is 2.60. The first-order valence-electron chi connectivity index (χ1n) is 6.94. The second kappa shape index (κ2) is 8.09. The molecule has 0 aliphatic heterocycles. The van der Waals surface area contributed by atoms with Crippen LogP contribution in [0.5, 0.6) is 0 Å². The fourth-order valence-corrected chi connectivity index (χ4v) is 3.02. The number of carboxylic acids is 1. The largest absolute Gasteiger partial charge is 0.480 e. The smallest absolute Gasteiger partial charge is 0.326 e. The van der Waals surface area contributed by atoms with Crippen molar-refractivity contribution >= 4 is 46.5 Å². The van der Waals surface area contributed by atoms with Gasteiger partial charge in [-0.25, -0.2) is 4.79 Å². The molecular weight excluding hydrogens is 385 g/mol. The highest BCUT2D eigenvalue weighted by molar-refractivity contribution is 6.46. The summed E-state index contributed by atoms with van der Waals surface area (Å²) in [6.45, 7) is 0. The molecule has 0 spiro atoms. The summed E-state index contributed by atoms with van der Waals surface area (Å²) in [4.78, 5) is 11.6. The van der Waals surface area contributed by atoms with Crippen LogP contribution in [0.25, 0.3) is 0 Å². The lowest BCUT2D eigenvalue weighted by atomic mass is 10.0. The van der Waals surface area contributed by atoms with Gasteiger partial charge in [-0.3, -0.25) is 0 Å². The van der Waals surface area contributed by atoms with E-state index in [2.05, 4.69) is 5.32 Å². The van der Waals surface area contributed by atoms with Gasteiger partial charge in [-0.15, -0.1) is 0 Å². The van der Waals surface area contributed by atoms with Gasteiger partial charge in [0.2, 0.25) is 0 Å². The number of aliphatic carboxylic acids is 1. The molecule has 1 atom stereocenters. The van der Waals surface area contributed by atoms with Crippen molar-refractivity contribution in [1.29, 1.82) is 10.5 Å². The molecule has 0 bridgehead atoms. The molecule has 0 saturated carbocycles. The van der Waals surface area contributed by atoms with Crippen molar-refractivity contribution < 1.29 is 9.90 Å². The Morgan fingerprint density at radius 1 is 1.04 bits per heavy atom. The second-order valence-electron chi connectivity index (χ2n) is 5.02. The molecule has 0 heterocycles. The zero-order valence-corrected chi connectivity index (χ0v) is 14.8. The summed E-state index contributed by atoms with van der Waals surface area (Å²) in [7, 11) is 0. The molecular formula is C17H10Cl3N3O2. The Morgan fingerprint density at radius 3 is 2.16 bits per heavy atom. The van der Waals surface area contributed by atoms with Crippen molar-refractivity contribution in [3.05, 3.63) is 62.1 Å². The molecule has 0 saturated heterocycles. The normalized spacial score (nSPS) is 11.2. The van der Waals surface area contributed by atoms with Crippen molar-refractivity contribution in [3.8, 4) is 12.1 Å². The van der Waals surface area contributed by atoms with E-state index < -0.39 is 12.0 Å². The van der Waals surface area contributed by atoms with Crippen LogP contribution in [0.1, 0.15) is 16.7 Å². The number of nitriles is 2. The van der Waals surface area contributed by atoms with Crippen molar-refractivity contribution in [2.45, 2.75) is 12.5 Å². The number of carboxylic acid groups (broad SMARTS) is 1. The van der Waals surface area contributed by atoms with Crippen LogP contribution in [-0.4, -0.2) is 17.1 Å². The van der Waals surface area contributed by atoms with E-state index in [1.807, 2.05) is 12.1 Å². The molecule has 126 valence electrons. The highest BCUT2D eigenvalue weighted by Crippen LogP contribution is 2.41. The monoisotopic (exact) mass is 393 g/mol. The van der Waals surface area contributed by atoms with E-state index in [1.54, 1.807) is 30.3 Å². The number of benzene rings is 2. The van der Waals surface area contributed by atoms with Crippen LogP contribution in [0.3, 0.4) is 0 Å². The first-order valence-corrected chi connectivity index (χ1v) is 8.08. The third kappa shape index (κ3) is 3.97. The Hall–Kier alpha value is -2.44. The number of rotatable bonds is 5. The molecule has 2 rings (SSSR count). The van der Waals surface area contributed by atoms with E-state index in [9.17, 15) is 15.2 Å². The van der Waals surface area contributed by atoms with Gasteiger partial charge >= 0.3 is 5.97 Å². The fourth-order valence-electron chi connectivity index (χ4n) is 2.22. The highest BCUT2D eigenvalue weighted by Gasteiger charge is 2.26. The quantitative estimate of drug-likeness (QED) is 0.728. The summed E-state index contributed by atoms with van der Waals surface area (Å²) in [6, 6.07) is 11.5. The van der Waals surface area contributed by atoms with Crippen LogP contribution in [-0.2, 0) is 11.2 Å². The minimum Gasteiger partial charge on any atom is -0.480 e. The molecule has 25 heavy (non-hydrogen) atoms. The summed E-state index contributed by atoms with van der Waals surface area (Å²) >= 11 is 18.2. The number of hydrogen-bond donors (Lipinski definition) is 2. The number of hydrogen-bond acceptors (Lipinski definition) is 4. The number of anilines is 1. The second-order valence-corrected chi connectivity index (χ2v) is 6.15. The van der Waals surface area contributed by atoms with E-state index in [1.165, 1.54) is 0 Å². The maximum absolute atomic E-state index is 11.6. The highest BCUT2D eigenvalue weighted by atomic mass is 35.5. The molecule has 2 aromatic carbocycles. The van der Waals surface area contributed by atoms with Crippen molar-refractivity contribution in [2.24, 2.45) is 0 Å². The lowest BCUT2D eigenvalue weighted by molar-refractivity contribution is -0.137. The SMILES string of the molecule is N#Cc1c(Cl)c(Cl)c(N[C@@H](Cc2ccccc2)C(=O)O)c(C#N)c1Cl. The molecule has 2 N–H and O–H groups in total. The Kier molecular flexibility index (Phi) is 6.12. The van der Waals surface area contributed by atoms with Gasteiger partial charge in [0, 0.05) is 6.42 Å². The van der Waals surface area contributed by atoms with Crippen LogP contribution >= 0.6 is 34.8 Å². The Balaban J connectivity index is 2.48. The fraction of sp³-hybridized carbons (Fsp3) is 0.118. The maximum Gasteiger partial charge on any atom is 0.326 e. The molecule has 0 amide bonds. The van der Waals surface area contributed by atoms with Gasteiger partial charge in [-0.2, -0.15) is 10.5 Å². The predicted octanol–water partition coefficient (Wildman–Crippen LogP) is 4.50. The molecule has 0 aliphatic rings. The minimum atomic E-state index is -1.14. The maximum atomic E-state index is 11.6. The van der Waals surface area contributed by atoms with E-state index in [-0.39, 0.29) is 38.3 Å². The predicted molar refractivity (Wildman–Crippen MR) is 96.1 cm³/mol. The molecule has 0 aromatic heterocycles. The zero-order chi connectivity index (χ0) is 18.6. The standard InChI is InChI=1S/C17H10Cl3N3O2/c18-13-10(7-21)14(19)15(20)16(11(13)8-22)23-12(17(24)25)6-9-4-2-1-3-5-9/h1-5,12,23H,6H2,(H,24,25)/t12-/m0/s1. The lowest BCUT2D eigenvalue weighted by Crippen LogP contribution is -2.32. The summed E-state index contributed by atoms with van der Waals surface area (Å²) in [5.41, 5.74) is 0.502. The number of nitrogens with one attached hydrogen (secondary N) is 1. The summed E-state index contributed by atoms with van der Waals surface area (Å²) in [5, 5.41) is 30.2. The van der Waals surface area contributed by atoms with Crippen LogP contribution < -0.4 is 5.32 Å². The summed E-state index contributed by atoms with van der Waals surface area (Å²) in [5.74, 6) is -1.14. The van der Waals surface area contributed by atoms with Gasteiger partial charge in [0.25, 0.3) is 0 Å². The van der Waals surface area contributed by atoms with Crippen LogP contribution in [0.4, 0.5) is 5.69 Å². The first-order chi connectivity index (χ1) is 11.9. The summed E-state index contributed by atoms with van der Waals surface area (Å²) in [6.07, 6.45) is 0.145. The van der Waals surface area contributed by atoms with Crippen LogP contribution in [0.15, 0.2) is 30.3 Å². The molecule has 0 radical (unpaired) electrons. The number of halogens is 3. The van der Waals surface area contributed by atoms with Crippen molar-refractivity contribution in [3.63, 3.8) is 0 Å². The van der Waals surface area contributed by atoms with Crippen molar-refractivity contribution in [1.82, 2.24) is 0 Å². The molecule has 0 unspecified atom stereocenters. The Morgan fingerprint density at radius 2 is 1.64 bits per heavy atom. The average molecular weight is 395 g/mol. The first kappa shape index (κ1) is 18.9. The van der Waals surface area contributed by atoms with Crippen LogP contribution in [0, 0.1) is 22.7 Å². The van der Waals surface area contributed by atoms with Gasteiger partial charge in [-0.1, -0.05) is 65.1 Å². The molecule has 8 heteroatoms. The van der Waals surface area contributed by atoms with E-state index >= 15 is 0 Å². The van der Waals surface area contributed by atoms with Gasteiger partial charge in [-0.05, 0) is 5.56 Å². The van der Waals surface area contributed by atoms with Gasteiger partial charge in [0.1, 0.15) is 18.2 Å². The summed E-state index contributed by atoms with van der Waals surface area (Å²) < 4.78 is 0. The Labute approximate surface area is 159 Å². The minimum absolute atomic E-state index is 0.0125. The molecule has 0 aliphatic carbocycles. The number of carbonyl (C=O) groups is 1. The topological polar surface area (TPSA) is 96.9 Å². The van der Waals surface area contributed by atoms with E-state index in [0.717, 1.165) is 5.56 Å². The number of nitrogens with zero attached hydrogens (tertiary/aromatic N) is 2. The van der Waals surface area contributed by atoms with Gasteiger partial charge in [0.05, 0.1) is 31.9 Å². The van der Waals surface area contributed by atoms with E-state index in [4.69, 9.17) is 40.1 Å². The third-order valence-electron chi connectivity index (χ3n) is 3.44. The Bertz CT molecular complexity index is 902. The molecule has 0 fully saturated rings. The lowest BCUT2D eigenvalue weighted by Gasteiger charge is -2.19. The molecule has 2 aromatic rings. The zero-order valence-electron chi connectivity index (χ0n) is 12.6. The third-order valence-corrected chi connectivity index (χ3v) is 4.67. The van der Waals surface area contributed by atoms with Crippen LogP contribution in [0.2, 0.25) is 15.1 Å². The van der Waals surface area contributed by atoms with Crippen molar-refractivity contribution in [2.75, 3.05) is 5.32 Å². The van der Waals surface area contributed by atoms with Gasteiger partial charge in [0.15, 0.2) is 0 Å². The van der Waals surface area contributed by atoms with Gasteiger partial charge < -0.3 is 10.4 Å².